The molecule has 0 aliphatic carbocycles. The van der Waals surface area contributed by atoms with Crippen molar-refractivity contribution in [1.82, 2.24) is 0 Å². The maximum atomic E-state index is 12.8. The first-order chi connectivity index (χ1) is 33.5. The van der Waals surface area contributed by atoms with Gasteiger partial charge < -0.3 is 14.2 Å². The number of esters is 3. The van der Waals surface area contributed by atoms with Crippen LogP contribution in [0.1, 0.15) is 271 Å². The molecule has 0 amide bonds. The molecule has 0 saturated heterocycles. The van der Waals surface area contributed by atoms with Gasteiger partial charge in [-0.05, 0) is 122 Å². The predicted molar refractivity (Wildman–Crippen MR) is 293 cm³/mol. The van der Waals surface area contributed by atoms with E-state index < -0.39 is 6.10 Å². The fourth-order valence-corrected chi connectivity index (χ4v) is 7.74. The summed E-state index contributed by atoms with van der Waals surface area (Å²) >= 11 is 0. The van der Waals surface area contributed by atoms with Gasteiger partial charge in [-0.25, -0.2) is 0 Å². The summed E-state index contributed by atoms with van der Waals surface area (Å²) in [6.07, 6.45) is 72.8. The van der Waals surface area contributed by atoms with Crippen molar-refractivity contribution >= 4 is 17.9 Å². The third kappa shape index (κ3) is 53.5. The zero-order chi connectivity index (χ0) is 49.3. The second-order valence-corrected chi connectivity index (χ2v) is 18.8. The minimum absolute atomic E-state index is 0.0989. The van der Waals surface area contributed by atoms with Crippen LogP contribution in [0.15, 0.2) is 85.1 Å². The van der Waals surface area contributed by atoms with E-state index in [2.05, 4.69) is 106 Å². The Labute approximate surface area is 420 Å². The van der Waals surface area contributed by atoms with E-state index in [1.165, 1.54) is 128 Å². The summed E-state index contributed by atoms with van der Waals surface area (Å²) in [5, 5.41) is 0. The SMILES string of the molecule is CCCCC/C=C\C/C=C\C/C=C\CCCCCCCCC(=O)OC[C@@H](COC(=O)CCCC/C=C\C/C=C\C/C=C\CCCCC)OC(=O)CCCCCCC/C=C\CCCCCCCCC. The zero-order valence-corrected chi connectivity index (χ0v) is 44.6. The van der Waals surface area contributed by atoms with Crippen LogP contribution in [0.3, 0.4) is 0 Å². The van der Waals surface area contributed by atoms with Gasteiger partial charge in [0.2, 0.25) is 0 Å². The second kappa shape index (κ2) is 56.2. The molecular weight excluding hydrogens is 841 g/mol. The zero-order valence-electron chi connectivity index (χ0n) is 44.6. The molecule has 0 N–H and O–H groups in total. The Balaban J connectivity index is 4.47. The van der Waals surface area contributed by atoms with Crippen LogP contribution in [0.2, 0.25) is 0 Å². The van der Waals surface area contributed by atoms with E-state index in [0.29, 0.717) is 19.3 Å². The summed E-state index contributed by atoms with van der Waals surface area (Å²) in [4.78, 5) is 38.1. The van der Waals surface area contributed by atoms with Crippen LogP contribution in [0.4, 0.5) is 0 Å². The Morgan fingerprint density at radius 3 is 0.897 bits per heavy atom. The van der Waals surface area contributed by atoms with E-state index >= 15 is 0 Å². The lowest BCUT2D eigenvalue weighted by Crippen LogP contribution is -2.30. The van der Waals surface area contributed by atoms with Crippen molar-refractivity contribution < 1.29 is 28.6 Å². The Morgan fingerprint density at radius 1 is 0.294 bits per heavy atom. The smallest absolute Gasteiger partial charge is 0.306 e. The standard InChI is InChI=1S/C62H106O6/c1-4-7-10-13-16-19-22-25-28-30-31-32-35-37-40-43-46-49-52-55-61(64)67-58-59(57-66-60(63)54-51-48-45-42-39-36-33-27-24-21-18-15-12-9-6-3)68-62(65)56-53-50-47-44-41-38-34-29-26-23-20-17-14-11-8-5-2/h16,18-19,21,25,27-29,31-34,39,42,59H,4-15,17,20,22-24,26,30,35-38,40-41,43-58H2,1-3H3/b19-16-,21-18-,28-25-,32-31-,33-27-,34-29-,42-39-/t59-/m1/s1. The van der Waals surface area contributed by atoms with Crippen molar-refractivity contribution in [1.29, 1.82) is 0 Å². The first-order valence-corrected chi connectivity index (χ1v) is 28.6. The van der Waals surface area contributed by atoms with Gasteiger partial charge in [-0.15, -0.1) is 0 Å². The van der Waals surface area contributed by atoms with Crippen molar-refractivity contribution in [2.45, 2.75) is 277 Å². The minimum atomic E-state index is -0.803. The summed E-state index contributed by atoms with van der Waals surface area (Å²) in [5.74, 6) is -0.954. The highest BCUT2D eigenvalue weighted by Gasteiger charge is 2.19. The molecule has 0 aromatic carbocycles. The van der Waals surface area contributed by atoms with Crippen LogP contribution in [-0.4, -0.2) is 37.2 Å². The van der Waals surface area contributed by atoms with Gasteiger partial charge in [0.1, 0.15) is 13.2 Å². The number of ether oxygens (including phenoxy) is 3. The van der Waals surface area contributed by atoms with Gasteiger partial charge in [-0.2, -0.15) is 0 Å². The maximum absolute atomic E-state index is 12.8. The second-order valence-electron chi connectivity index (χ2n) is 18.8. The molecule has 0 spiro atoms. The molecule has 0 aromatic heterocycles. The lowest BCUT2D eigenvalue weighted by atomic mass is 10.1. The topological polar surface area (TPSA) is 78.9 Å². The van der Waals surface area contributed by atoms with Crippen molar-refractivity contribution in [3.8, 4) is 0 Å². The summed E-state index contributed by atoms with van der Waals surface area (Å²) in [5.41, 5.74) is 0. The third-order valence-corrected chi connectivity index (χ3v) is 12.1. The van der Waals surface area contributed by atoms with Gasteiger partial charge in [0.05, 0.1) is 0 Å². The largest absolute Gasteiger partial charge is 0.462 e. The molecule has 390 valence electrons. The molecule has 0 rings (SSSR count). The molecule has 1 atom stereocenters. The van der Waals surface area contributed by atoms with Crippen LogP contribution in [0.25, 0.3) is 0 Å². The van der Waals surface area contributed by atoms with E-state index in [4.69, 9.17) is 14.2 Å². The lowest BCUT2D eigenvalue weighted by molar-refractivity contribution is -0.167. The molecule has 0 radical (unpaired) electrons. The average molecular weight is 948 g/mol. The van der Waals surface area contributed by atoms with Gasteiger partial charge in [0.25, 0.3) is 0 Å². The van der Waals surface area contributed by atoms with Crippen LogP contribution in [0.5, 0.6) is 0 Å². The van der Waals surface area contributed by atoms with E-state index in [9.17, 15) is 14.4 Å². The molecule has 0 bridgehead atoms. The van der Waals surface area contributed by atoms with E-state index in [0.717, 1.165) is 103 Å². The number of rotatable bonds is 51. The molecule has 0 saturated carbocycles. The van der Waals surface area contributed by atoms with Crippen molar-refractivity contribution in [3.63, 3.8) is 0 Å². The number of hydrogen-bond acceptors (Lipinski definition) is 6. The van der Waals surface area contributed by atoms with Crippen LogP contribution in [0, 0.1) is 0 Å². The first kappa shape index (κ1) is 64.6. The third-order valence-electron chi connectivity index (χ3n) is 12.1. The summed E-state index contributed by atoms with van der Waals surface area (Å²) in [6.45, 7) is 6.54. The van der Waals surface area contributed by atoms with E-state index in [1.807, 2.05) is 0 Å². The summed E-state index contributed by atoms with van der Waals surface area (Å²) in [7, 11) is 0. The molecule has 0 aliphatic rings. The monoisotopic (exact) mass is 947 g/mol. The quantitative estimate of drug-likeness (QED) is 0.0262. The number of carbonyl (C=O) groups excluding carboxylic acids is 3. The average Bonchev–Trinajstić information content (AvgIpc) is 3.34. The Bertz CT molecular complexity index is 1320. The fraction of sp³-hybridized carbons (Fsp3) is 0.726. The molecule has 0 aliphatic heterocycles. The van der Waals surface area contributed by atoms with Crippen molar-refractivity contribution in [3.05, 3.63) is 85.1 Å². The van der Waals surface area contributed by atoms with Crippen LogP contribution >= 0.6 is 0 Å². The van der Waals surface area contributed by atoms with Crippen molar-refractivity contribution in [2.24, 2.45) is 0 Å². The highest BCUT2D eigenvalue weighted by atomic mass is 16.6. The molecular formula is C62H106O6. The van der Waals surface area contributed by atoms with E-state index in [1.54, 1.807) is 0 Å². The number of allylic oxidation sites excluding steroid dienone is 14. The van der Waals surface area contributed by atoms with Gasteiger partial charge in [0, 0.05) is 19.3 Å². The number of carbonyl (C=O) groups is 3. The Morgan fingerprint density at radius 2 is 0.529 bits per heavy atom. The van der Waals surface area contributed by atoms with Gasteiger partial charge in [0.15, 0.2) is 6.10 Å². The van der Waals surface area contributed by atoms with Gasteiger partial charge in [-0.3, -0.25) is 14.4 Å². The highest BCUT2D eigenvalue weighted by Crippen LogP contribution is 2.14. The normalized spacial score (nSPS) is 12.7. The molecule has 68 heavy (non-hydrogen) atoms. The molecule has 6 nitrogen and oxygen atoms in total. The molecule has 0 unspecified atom stereocenters. The number of unbranched alkanes of at least 4 members (excludes halogenated alkanes) is 26. The van der Waals surface area contributed by atoms with E-state index in [-0.39, 0.29) is 31.1 Å². The summed E-state index contributed by atoms with van der Waals surface area (Å²) in [6, 6.07) is 0. The van der Waals surface area contributed by atoms with Gasteiger partial charge in [-0.1, -0.05) is 215 Å². The molecule has 0 aromatic rings. The molecule has 0 heterocycles. The lowest BCUT2D eigenvalue weighted by Gasteiger charge is -2.18. The molecule has 6 heteroatoms. The van der Waals surface area contributed by atoms with Gasteiger partial charge >= 0.3 is 17.9 Å². The predicted octanol–water partition coefficient (Wildman–Crippen LogP) is 19.2. The van der Waals surface area contributed by atoms with Crippen molar-refractivity contribution in [2.75, 3.05) is 13.2 Å². The van der Waals surface area contributed by atoms with Crippen LogP contribution in [-0.2, 0) is 28.6 Å². The first-order valence-electron chi connectivity index (χ1n) is 28.6. The molecule has 0 fully saturated rings. The fourth-order valence-electron chi connectivity index (χ4n) is 7.74. The Kier molecular flexibility index (Phi) is 53.4. The van der Waals surface area contributed by atoms with Crippen LogP contribution < -0.4 is 0 Å². The summed E-state index contributed by atoms with van der Waals surface area (Å²) < 4.78 is 16.8. The minimum Gasteiger partial charge on any atom is -0.462 e. The Hall–Kier alpha value is -3.41. The maximum Gasteiger partial charge on any atom is 0.306 e. The highest BCUT2D eigenvalue weighted by molar-refractivity contribution is 5.71. The number of hydrogen-bond donors (Lipinski definition) is 0.